The maximum absolute atomic E-state index is 7.58. The Balaban J connectivity index is 1.20. The van der Waals surface area contributed by atoms with Crippen molar-refractivity contribution in [2.75, 3.05) is 4.90 Å². The third-order valence-corrected chi connectivity index (χ3v) is 17.1. The van der Waals surface area contributed by atoms with Gasteiger partial charge >= 0.3 is 0 Å². The van der Waals surface area contributed by atoms with Crippen LogP contribution in [0.25, 0.3) is 48.7 Å². The largest absolute Gasteiger partial charge is 0.458 e. The van der Waals surface area contributed by atoms with Gasteiger partial charge < -0.3 is 14.2 Å². The average molecular weight is 921 g/mol. The average Bonchev–Trinajstić information content (AvgIpc) is 3.89. The molecule has 7 aromatic carbocycles. The summed E-state index contributed by atoms with van der Waals surface area (Å²) in [4.78, 5) is 2.58. The van der Waals surface area contributed by atoms with Crippen molar-refractivity contribution < 1.29 is 4.74 Å². The molecule has 2 aliphatic heterocycles. The van der Waals surface area contributed by atoms with Crippen molar-refractivity contribution in [2.24, 2.45) is 0 Å². The summed E-state index contributed by atoms with van der Waals surface area (Å²) in [5.74, 6) is 1.90. The van der Waals surface area contributed by atoms with Gasteiger partial charge in [-0.2, -0.15) is 0 Å². The fourth-order valence-corrected chi connectivity index (χ4v) is 13.3. The van der Waals surface area contributed by atoms with Gasteiger partial charge in [-0.25, -0.2) is 0 Å². The molecular formula is C64H65BN2OS. The molecule has 5 heteroatoms. The van der Waals surface area contributed by atoms with Crippen LogP contribution in [0.3, 0.4) is 0 Å². The molecule has 0 unspecified atom stereocenters. The molecule has 0 amide bonds. The fourth-order valence-electron chi connectivity index (χ4n) is 12.1. The Kier molecular flexibility index (Phi) is 9.15. The number of benzene rings is 7. The highest BCUT2D eigenvalue weighted by atomic mass is 32.1. The first-order valence-electron chi connectivity index (χ1n) is 25.1. The van der Waals surface area contributed by atoms with Crippen LogP contribution in [-0.2, 0) is 27.1 Å². The number of fused-ring (bicyclic) bond motifs is 13. The zero-order valence-electron chi connectivity index (χ0n) is 43.3. The molecule has 1 aliphatic carbocycles. The van der Waals surface area contributed by atoms with Crippen molar-refractivity contribution in [1.29, 1.82) is 0 Å². The highest BCUT2D eigenvalue weighted by Gasteiger charge is 2.50. The van der Waals surface area contributed by atoms with Crippen LogP contribution in [0, 0.1) is 6.92 Å². The highest BCUT2D eigenvalue weighted by Crippen LogP contribution is 2.55. The molecule has 2 aromatic heterocycles. The number of aryl methyl sites for hydroxylation is 1. The zero-order valence-corrected chi connectivity index (χ0v) is 44.2. The van der Waals surface area contributed by atoms with Crippen molar-refractivity contribution in [2.45, 2.75) is 131 Å². The van der Waals surface area contributed by atoms with E-state index in [-0.39, 0.29) is 33.8 Å². The van der Waals surface area contributed by atoms with Crippen LogP contribution in [-0.4, -0.2) is 11.3 Å². The monoisotopic (exact) mass is 920 g/mol. The number of nitrogens with zero attached hydrogens (tertiary/aromatic N) is 2. The lowest BCUT2D eigenvalue weighted by atomic mass is 9.35. The van der Waals surface area contributed by atoms with E-state index in [1.165, 1.54) is 120 Å². The van der Waals surface area contributed by atoms with Crippen molar-refractivity contribution in [3.8, 4) is 28.3 Å². The van der Waals surface area contributed by atoms with Crippen LogP contribution in [0.15, 0.2) is 121 Å². The molecule has 0 bridgehead atoms. The lowest BCUT2D eigenvalue weighted by molar-refractivity contribution is 0.485. The van der Waals surface area contributed by atoms with E-state index in [4.69, 9.17) is 4.74 Å². The maximum atomic E-state index is 7.58. The first kappa shape index (κ1) is 44.2. The summed E-state index contributed by atoms with van der Waals surface area (Å²) in [5, 5.41) is 3.90. The molecule has 4 heterocycles. The second-order valence-electron chi connectivity index (χ2n) is 25.2. The molecule has 0 saturated carbocycles. The smallest absolute Gasteiger partial charge is 0.269 e. The molecule has 0 atom stereocenters. The quantitative estimate of drug-likeness (QED) is 0.161. The molecule has 0 spiro atoms. The first-order valence-corrected chi connectivity index (χ1v) is 25.9. The van der Waals surface area contributed by atoms with Gasteiger partial charge in [0.1, 0.15) is 11.5 Å². The van der Waals surface area contributed by atoms with E-state index in [1.807, 2.05) is 11.3 Å². The van der Waals surface area contributed by atoms with Crippen molar-refractivity contribution in [3.05, 3.63) is 160 Å². The molecule has 69 heavy (non-hydrogen) atoms. The molecule has 0 fully saturated rings. The van der Waals surface area contributed by atoms with Crippen LogP contribution in [0.4, 0.5) is 17.1 Å². The van der Waals surface area contributed by atoms with E-state index < -0.39 is 0 Å². The van der Waals surface area contributed by atoms with Gasteiger partial charge in [0, 0.05) is 54.1 Å². The molecule has 3 nitrogen and oxygen atoms in total. The van der Waals surface area contributed by atoms with E-state index in [9.17, 15) is 0 Å². The Morgan fingerprint density at radius 3 is 1.67 bits per heavy atom. The van der Waals surface area contributed by atoms with Gasteiger partial charge in [0.25, 0.3) is 6.71 Å². The van der Waals surface area contributed by atoms with E-state index in [0.29, 0.717) is 0 Å². The molecule has 0 saturated heterocycles. The van der Waals surface area contributed by atoms with E-state index >= 15 is 0 Å². The van der Waals surface area contributed by atoms with Gasteiger partial charge in [-0.3, -0.25) is 0 Å². The van der Waals surface area contributed by atoms with E-state index in [2.05, 4.69) is 235 Å². The maximum Gasteiger partial charge on any atom is 0.269 e. The first-order chi connectivity index (χ1) is 32.4. The second-order valence-corrected chi connectivity index (χ2v) is 26.3. The minimum absolute atomic E-state index is 0.00368. The van der Waals surface area contributed by atoms with Crippen molar-refractivity contribution >= 4 is 82.7 Å². The molecule has 9 aromatic rings. The van der Waals surface area contributed by atoms with Crippen LogP contribution in [0.5, 0.6) is 11.5 Å². The number of hydrogen-bond donors (Lipinski definition) is 0. The number of aromatic nitrogens is 1. The predicted molar refractivity (Wildman–Crippen MR) is 299 cm³/mol. The van der Waals surface area contributed by atoms with Crippen LogP contribution < -0.4 is 25.3 Å². The number of rotatable bonds is 2. The minimum Gasteiger partial charge on any atom is -0.458 e. The minimum atomic E-state index is -0.328. The zero-order chi connectivity index (χ0) is 48.6. The SMILES string of the molecule is Cc1cc2c3c(c1)N(c1ccc(C(C)(C)C)cc1)c1c(sc4ccc(C(C)(C)C)cc14)B3c1c(cc(-n3c4ccc(C(C)(C)C)cc4c4cc(C(C)(C)C)ccc43)c3c1C(C)(C)c1ccccc1-3)O2. The number of anilines is 3. The third-order valence-electron chi connectivity index (χ3n) is 15.9. The molecule has 346 valence electrons. The van der Waals surface area contributed by atoms with Gasteiger partial charge in [0.15, 0.2) is 0 Å². The molecule has 0 radical (unpaired) electrons. The molecular weight excluding hydrogens is 856 g/mol. The molecule has 12 rings (SSSR count). The number of ether oxygens (including phenoxy) is 1. The van der Waals surface area contributed by atoms with E-state index in [0.717, 1.165) is 11.5 Å². The molecule has 0 N–H and O–H groups in total. The van der Waals surface area contributed by atoms with E-state index in [1.54, 1.807) is 0 Å². The van der Waals surface area contributed by atoms with Crippen molar-refractivity contribution in [1.82, 2.24) is 4.57 Å². The Bertz CT molecular complexity index is 3590. The summed E-state index contributed by atoms with van der Waals surface area (Å²) in [6.45, 7) is 34.9. The van der Waals surface area contributed by atoms with Gasteiger partial charge in [-0.05, 0) is 145 Å². The van der Waals surface area contributed by atoms with Gasteiger partial charge in [0.2, 0.25) is 0 Å². The number of thiophene rings is 1. The summed E-state index contributed by atoms with van der Waals surface area (Å²) in [6.07, 6.45) is 0. The normalized spacial score (nSPS) is 15.1. The topological polar surface area (TPSA) is 17.4 Å². The second kappa shape index (κ2) is 14.3. The summed E-state index contributed by atoms with van der Waals surface area (Å²) < 4.78 is 12.8. The van der Waals surface area contributed by atoms with Gasteiger partial charge in [0.05, 0.1) is 22.4 Å². The van der Waals surface area contributed by atoms with Crippen LogP contribution >= 0.6 is 11.3 Å². The predicted octanol–water partition coefficient (Wildman–Crippen LogP) is 16.2. The number of hydrogen-bond acceptors (Lipinski definition) is 3. The Morgan fingerprint density at radius 2 is 1.07 bits per heavy atom. The standard InChI is InChI=1S/C64H65BN2OS/c1-36-30-50-56-51(31-36)68-52-35-49(67-47-27-22-38(61(5,6)7)32-43(47)44-33-39(62(8,9)10)23-28-48(44)67)54-42-18-16-17-19-46(42)64(14,15)55(54)57(52)65(56)59-58(45-34-40(63(11,12)13)24-29-53(45)69-59)66(50)41-25-20-37(21-26-41)60(2,3)4/h16-35H,1-15H3. The third kappa shape index (κ3) is 6.44. The summed E-state index contributed by atoms with van der Waals surface area (Å²) >= 11 is 1.97. The van der Waals surface area contributed by atoms with Gasteiger partial charge in [-0.15, -0.1) is 11.3 Å². The Labute approximate surface area is 414 Å². The van der Waals surface area contributed by atoms with Crippen LogP contribution in [0.2, 0.25) is 0 Å². The Hall–Kier alpha value is -6.04. The van der Waals surface area contributed by atoms with Crippen molar-refractivity contribution in [3.63, 3.8) is 0 Å². The lowest BCUT2D eigenvalue weighted by Gasteiger charge is -2.41. The summed E-state index contributed by atoms with van der Waals surface area (Å²) in [5.41, 5.74) is 21.4. The fraction of sp³-hybridized carbons (Fsp3) is 0.312. The highest BCUT2D eigenvalue weighted by molar-refractivity contribution is 7.33. The summed E-state index contributed by atoms with van der Waals surface area (Å²) in [6, 6.07) is 47.4. The van der Waals surface area contributed by atoms with Gasteiger partial charge in [-0.1, -0.05) is 152 Å². The summed E-state index contributed by atoms with van der Waals surface area (Å²) in [7, 11) is 0. The van der Waals surface area contributed by atoms with Crippen LogP contribution in [0.1, 0.15) is 136 Å². The lowest BCUT2D eigenvalue weighted by Crippen LogP contribution is -2.60. The Morgan fingerprint density at radius 1 is 0.536 bits per heavy atom. The molecule has 3 aliphatic rings.